The van der Waals surface area contributed by atoms with E-state index < -0.39 is 0 Å². The molecule has 0 aliphatic rings. The number of para-hydroxylation sites is 1. The summed E-state index contributed by atoms with van der Waals surface area (Å²) in [5, 5.41) is 5.41. The quantitative estimate of drug-likeness (QED) is 0.338. The van der Waals surface area contributed by atoms with Gasteiger partial charge in [-0.25, -0.2) is 14.5 Å². The molecule has 0 saturated carbocycles. The predicted molar refractivity (Wildman–Crippen MR) is 134 cm³/mol. The van der Waals surface area contributed by atoms with Crippen LogP contribution in [0.3, 0.4) is 0 Å². The number of methoxy groups -OCH3 is 2. The Hall–Kier alpha value is -4.85. The second-order valence-electron chi connectivity index (χ2n) is 7.98. The molecule has 3 aromatic carbocycles. The van der Waals surface area contributed by atoms with Gasteiger partial charge in [0.15, 0.2) is 11.5 Å². The monoisotopic (exact) mass is 463 g/mol. The summed E-state index contributed by atoms with van der Waals surface area (Å²) in [5.74, 6) is 2.72. The first kappa shape index (κ1) is 20.7. The van der Waals surface area contributed by atoms with Crippen molar-refractivity contribution in [2.75, 3.05) is 20.0 Å². The van der Waals surface area contributed by atoms with Gasteiger partial charge in [0.1, 0.15) is 23.6 Å². The molecule has 6 aromatic rings. The Labute approximate surface area is 200 Å². The van der Waals surface area contributed by atoms with Crippen LogP contribution in [-0.4, -0.2) is 33.8 Å². The normalized spacial score (nSPS) is 11.3. The molecule has 35 heavy (non-hydrogen) atoms. The lowest BCUT2D eigenvalue weighted by atomic mass is 9.99. The summed E-state index contributed by atoms with van der Waals surface area (Å²) in [4.78, 5) is 9.41. The van der Waals surface area contributed by atoms with E-state index in [0.717, 1.165) is 39.1 Å². The number of rotatable bonds is 5. The second kappa shape index (κ2) is 8.18. The van der Waals surface area contributed by atoms with Gasteiger partial charge in [0.05, 0.1) is 19.6 Å². The molecule has 3 heterocycles. The van der Waals surface area contributed by atoms with Gasteiger partial charge in [-0.15, -0.1) is 5.10 Å². The lowest BCUT2D eigenvalue weighted by molar-refractivity contribution is 0.414. The summed E-state index contributed by atoms with van der Waals surface area (Å²) in [5.41, 5.74) is 11.3. The minimum Gasteiger partial charge on any atom is -0.497 e. The number of hydrogen-bond acceptors (Lipinski definition) is 7. The second-order valence-corrected chi connectivity index (χ2v) is 7.98. The van der Waals surface area contributed by atoms with Crippen LogP contribution in [0.2, 0.25) is 0 Å². The van der Waals surface area contributed by atoms with Crippen LogP contribution in [0.1, 0.15) is 0 Å². The molecule has 8 heteroatoms. The first-order valence-corrected chi connectivity index (χ1v) is 11.0. The number of aromatic nitrogens is 4. The van der Waals surface area contributed by atoms with E-state index in [-0.39, 0.29) is 0 Å². The maximum absolute atomic E-state index is 6.33. The summed E-state index contributed by atoms with van der Waals surface area (Å²) in [6.07, 6.45) is 1.60. The molecule has 2 N–H and O–H groups in total. The Morgan fingerprint density at radius 1 is 0.829 bits per heavy atom. The van der Waals surface area contributed by atoms with Gasteiger partial charge in [-0.1, -0.05) is 24.3 Å². The molecule has 8 nitrogen and oxygen atoms in total. The number of benzene rings is 3. The van der Waals surface area contributed by atoms with E-state index >= 15 is 0 Å². The van der Waals surface area contributed by atoms with E-state index in [4.69, 9.17) is 24.6 Å². The maximum atomic E-state index is 6.33. The summed E-state index contributed by atoms with van der Waals surface area (Å²) >= 11 is 0. The van der Waals surface area contributed by atoms with E-state index in [0.29, 0.717) is 28.6 Å². The van der Waals surface area contributed by atoms with E-state index in [2.05, 4.69) is 10.1 Å². The van der Waals surface area contributed by atoms with Crippen LogP contribution < -0.4 is 15.2 Å². The zero-order chi connectivity index (χ0) is 23.9. The smallest absolute Gasteiger partial charge is 0.232 e. The highest BCUT2D eigenvalue weighted by molar-refractivity contribution is 6.07. The number of nitrogens with zero attached hydrogens (tertiary/aromatic N) is 4. The SMILES string of the molecule is COc1ccc(-c2oc3ncn4nc(-c5ccccc5N)nc4c3c2-c2ccc(OC)cc2)cc1. The molecule has 0 radical (unpaired) electrons. The zero-order valence-corrected chi connectivity index (χ0v) is 19.1. The molecule has 0 bridgehead atoms. The molecule has 172 valence electrons. The molecule has 0 amide bonds. The number of ether oxygens (including phenoxy) is 2. The van der Waals surface area contributed by atoms with E-state index in [1.807, 2.05) is 72.8 Å². The van der Waals surface area contributed by atoms with Crippen LogP contribution in [-0.2, 0) is 0 Å². The van der Waals surface area contributed by atoms with Gasteiger partial charge >= 0.3 is 0 Å². The molecule has 6 rings (SSSR count). The van der Waals surface area contributed by atoms with Crippen molar-refractivity contribution < 1.29 is 13.9 Å². The summed E-state index contributed by atoms with van der Waals surface area (Å²) < 4.78 is 18.7. The lowest BCUT2D eigenvalue weighted by Crippen LogP contribution is -1.92. The van der Waals surface area contributed by atoms with Crippen LogP contribution in [0.5, 0.6) is 11.5 Å². The minimum absolute atomic E-state index is 0.467. The van der Waals surface area contributed by atoms with Crippen molar-refractivity contribution in [3.8, 4) is 45.3 Å². The zero-order valence-electron chi connectivity index (χ0n) is 19.1. The Morgan fingerprint density at radius 2 is 1.49 bits per heavy atom. The number of nitrogen functional groups attached to an aromatic ring is 1. The Kier molecular flexibility index (Phi) is 4.84. The molecule has 0 saturated heterocycles. The van der Waals surface area contributed by atoms with E-state index in [1.165, 1.54) is 0 Å². The summed E-state index contributed by atoms with van der Waals surface area (Å²) in [6, 6.07) is 23.1. The molecule has 0 atom stereocenters. The van der Waals surface area contributed by atoms with Crippen molar-refractivity contribution >= 4 is 22.4 Å². The van der Waals surface area contributed by atoms with Gasteiger partial charge in [-0.2, -0.15) is 0 Å². The molecular weight excluding hydrogens is 442 g/mol. The lowest BCUT2D eigenvalue weighted by Gasteiger charge is -2.06. The van der Waals surface area contributed by atoms with Crippen LogP contribution in [0.15, 0.2) is 83.5 Å². The van der Waals surface area contributed by atoms with Gasteiger partial charge in [0.2, 0.25) is 5.71 Å². The molecule has 0 spiro atoms. The van der Waals surface area contributed by atoms with E-state index in [9.17, 15) is 0 Å². The van der Waals surface area contributed by atoms with Crippen LogP contribution in [0.4, 0.5) is 5.69 Å². The van der Waals surface area contributed by atoms with Crippen molar-refractivity contribution in [2.45, 2.75) is 0 Å². The van der Waals surface area contributed by atoms with Crippen molar-refractivity contribution in [1.82, 2.24) is 19.6 Å². The largest absolute Gasteiger partial charge is 0.497 e. The number of furan rings is 1. The molecule has 0 unspecified atom stereocenters. The van der Waals surface area contributed by atoms with Gasteiger partial charge in [0.25, 0.3) is 0 Å². The number of nitrogens with two attached hydrogens (primary N) is 1. The number of hydrogen-bond donors (Lipinski definition) is 1. The molecule has 0 fully saturated rings. The average Bonchev–Trinajstić information content (AvgIpc) is 3.51. The molecule has 0 aliphatic carbocycles. The van der Waals surface area contributed by atoms with Crippen molar-refractivity contribution in [3.63, 3.8) is 0 Å². The highest BCUT2D eigenvalue weighted by atomic mass is 16.5. The van der Waals surface area contributed by atoms with E-state index in [1.54, 1.807) is 25.1 Å². The third-order valence-electron chi connectivity index (χ3n) is 5.96. The minimum atomic E-state index is 0.467. The first-order valence-electron chi connectivity index (χ1n) is 11.0. The standard InChI is InChI=1S/C27H21N5O3/c1-33-18-11-7-16(8-12-18)22-23-26-30-25(20-5-3-4-6-21(20)28)31-32(26)15-29-27(23)35-24(22)17-9-13-19(34-2)14-10-17/h3-15H,28H2,1-2H3. The maximum Gasteiger partial charge on any atom is 0.232 e. The topological polar surface area (TPSA) is 101 Å². The highest BCUT2D eigenvalue weighted by Gasteiger charge is 2.23. The predicted octanol–water partition coefficient (Wildman–Crippen LogP) is 5.47. The van der Waals surface area contributed by atoms with Crippen LogP contribution in [0, 0.1) is 0 Å². The van der Waals surface area contributed by atoms with Crippen molar-refractivity contribution in [2.24, 2.45) is 0 Å². The highest BCUT2D eigenvalue weighted by Crippen LogP contribution is 2.42. The summed E-state index contributed by atoms with van der Waals surface area (Å²) in [7, 11) is 3.29. The number of fused-ring (bicyclic) bond motifs is 3. The third-order valence-corrected chi connectivity index (χ3v) is 5.96. The Bertz CT molecular complexity index is 1670. The fraction of sp³-hybridized carbons (Fsp3) is 0.0741. The van der Waals surface area contributed by atoms with Crippen LogP contribution >= 0.6 is 0 Å². The summed E-state index contributed by atoms with van der Waals surface area (Å²) in [6.45, 7) is 0. The Morgan fingerprint density at radius 3 is 2.14 bits per heavy atom. The molecule has 3 aromatic heterocycles. The van der Waals surface area contributed by atoms with Crippen molar-refractivity contribution in [3.05, 3.63) is 79.1 Å². The average molecular weight is 463 g/mol. The van der Waals surface area contributed by atoms with Gasteiger partial charge in [-0.05, 0) is 54.1 Å². The first-order chi connectivity index (χ1) is 17.2. The third kappa shape index (κ3) is 3.43. The van der Waals surface area contributed by atoms with Crippen molar-refractivity contribution in [1.29, 1.82) is 0 Å². The Balaban J connectivity index is 1.65. The van der Waals surface area contributed by atoms with Gasteiger partial charge < -0.3 is 19.6 Å². The van der Waals surface area contributed by atoms with Gasteiger partial charge in [-0.3, -0.25) is 0 Å². The molecule has 0 aliphatic heterocycles. The van der Waals surface area contributed by atoms with Crippen LogP contribution in [0.25, 0.3) is 50.6 Å². The van der Waals surface area contributed by atoms with Gasteiger partial charge in [0, 0.05) is 22.4 Å². The number of anilines is 1. The fourth-order valence-corrected chi connectivity index (χ4v) is 4.19. The fourth-order valence-electron chi connectivity index (χ4n) is 4.19. The molecular formula is C27H21N5O3.